The van der Waals surface area contributed by atoms with Crippen LogP contribution in [0.4, 0.5) is 5.82 Å². The van der Waals surface area contributed by atoms with Crippen LogP contribution < -0.4 is 10.1 Å². The van der Waals surface area contributed by atoms with E-state index in [0.717, 1.165) is 12.8 Å². The zero-order valence-electron chi connectivity index (χ0n) is 10.2. The van der Waals surface area contributed by atoms with Crippen LogP contribution in [-0.4, -0.2) is 22.6 Å². The van der Waals surface area contributed by atoms with E-state index < -0.39 is 0 Å². The molecule has 0 aliphatic heterocycles. The second-order valence-corrected chi connectivity index (χ2v) is 4.66. The second-order valence-electron chi connectivity index (χ2n) is 4.31. The fourth-order valence-electron chi connectivity index (χ4n) is 1.63. The van der Waals surface area contributed by atoms with Gasteiger partial charge in [-0.3, -0.25) is 0 Å². The molecular weight excluding hydrogens is 226 g/mol. The maximum atomic E-state index is 5.92. The molecule has 1 aromatic heterocycles. The van der Waals surface area contributed by atoms with E-state index in [1.165, 1.54) is 6.33 Å². The molecule has 1 aromatic rings. The number of anilines is 1. The Morgan fingerprint density at radius 2 is 2.12 bits per heavy atom. The third-order valence-corrected chi connectivity index (χ3v) is 2.57. The van der Waals surface area contributed by atoms with Crippen LogP contribution in [0.5, 0.6) is 5.75 Å². The molecule has 0 saturated heterocycles. The molecule has 1 heterocycles. The van der Waals surface area contributed by atoms with Crippen molar-refractivity contribution in [2.24, 2.45) is 0 Å². The summed E-state index contributed by atoms with van der Waals surface area (Å²) < 4.78 is 5.18. The Balaban J connectivity index is 2.92. The number of hydrogen-bond acceptors (Lipinski definition) is 4. The van der Waals surface area contributed by atoms with Gasteiger partial charge in [0.15, 0.2) is 16.7 Å². The quantitative estimate of drug-likeness (QED) is 0.808. The van der Waals surface area contributed by atoms with Crippen molar-refractivity contribution in [1.29, 1.82) is 0 Å². The molecule has 0 spiro atoms. The first kappa shape index (κ1) is 13.0. The fraction of sp³-hybridized carbons (Fsp3) is 0.636. The Bertz CT molecular complexity index is 355. The molecule has 4 nitrogen and oxygen atoms in total. The first-order valence-corrected chi connectivity index (χ1v) is 5.70. The number of nitrogens with one attached hydrogen (secondary N) is 1. The molecule has 0 bridgehead atoms. The van der Waals surface area contributed by atoms with Crippen molar-refractivity contribution < 1.29 is 4.74 Å². The summed E-state index contributed by atoms with van der Waals surface area (Å²) in [6.45, 7) is 6.38. The number of nitrogens with zero attached hydrogens (tertiary/aromatic N) is 2. The van der Waals surface area contributed by atoms with Gasteiger partial charge in [-0.05, 0) is 20.3 Å². The monoisotopic (exact) mass is 243 g/mol. The minimum atomic E-state index is -0.0420. The van der Waals surface area contributed by atoms with Gasteiger partial charge in [0.25, 0.3) is 0 Å². The van der Waals surface area contributed by atoms with E-state index in [4.69, 9.17) is 16.3 Å². The smallest absolute Gasteiger partial charge is 0.198 e. The van der Waals surface area contributed by atoms with Crippen molar-refractivity contribution in [3.8, 4) is 5.75 Å². The molecule has 0 fully saturated rings. The first-order valence-electron chi connectivity index (χ1n) is 5.33. The fourth-order valence-corrected chi connectivity index (χ4v) is 1.84. The number of aromatic nitrogens is 2. The van der Waals surface area contributed by atoms with Gasteiger partial charge < -0.3 is 10.1 Å². The maximum Gasteiger partial charge on any atom is 0.198 e. The van der Waals surface area contributed by atoms with Gasteiger partial charge in [0.05, 0.1) is 7.11 Å². The predicted octanol–water partition coefficient (Wildman–Crippen LogP) is 3.13. The Kier molecular flexibility index (Phi) is 4.35. The normalized spacial score (nSPS) is 11.3. The summed E-state index contributed by atoms with van der Waals surface area (Å²) in [5.41, 5.74) is -0.0420. The van der Waals surface area contributed by atoms with Gasteiger partial charge in [0.1, 0.15) is 6.33 Å². The summed E-state index contributed by atoms with van der Waals surface area (Å²) in [4.78, 5) is 8.02. The Hall–Kier alpha value is -1.03. The Morgan fingerprint density at radius 3 is 2.69 bits per heavy atom. The summed E-state index contributed by atoms with van der Waals surface area (Å²) in [6.07, 6.45) is 3.56. The van der Waals surface area contributed by atoms with Crippen LogP contribution in [0.15, 0.2) is 6.33 Å². The zero-order chi connectivity index (χ0) is 12.2. The van der Waals surface area contributed by atoms with Crippen molar-refractivity contribution in [2.75, 3.05) is 12.4 Å². The van der Waals surface area contributed by atoms with Gasteiger partial charge in [-0.1, -0.05) is 24.9 Å². The number of methoxy groups -OCH3 is 1. The molecule has 1 N–H and O–H groups in total. The van der Waals surface area contributed by atoms with E-state index in [9.17, 15) is 0 Å². The lowest BCUT2D eigenvalue weighted by Crippen LogP contribution is -2.31. The van der Waals surface area contributed by atoms with Crippen molar-refractivity contribution >= 4 is 17.4 Å². The van der Waals surface area contributed by atoms with Crippen LogP contribution in [0.2, 0.25) is 5.15 Å². The van der Waals surface area contributed by atoms with Crippen LogP contribution in [0.3, 0.4) is 0 Å². The van der Waals surface area contributed by atoms with Gasteiger partial charge in [0, 0.05) is 5.54 Å². The molecule has 0 saturated carbocycles. The SMILES string of the molecule is CCCC(C)(C)Nc1ncnc(Cl)c1OC. The van der Waals surface area contributed by atoms with Crippen LogP contribution in [0.1, 0.15) is 33.6 Å². The maximum absolute atomic E-state index is 5.92. The molecule has 90 valence electrons. The Labute approximate surface area is 101 Å². The summed E-state index contributed by atoms with van der Waals surface area (Å²) in [5, 5.41) is 3.65. The van der Waals surface area contributed by atoms with Gasteiger partial charge in [0.2, 0.25) is 0 Å². The van der Waals surface area contributed by atoms with Gasteiger partial charge >= 0.3 is 0 Å². The van der Waals surface area contributed by atoms with Crippen molar-refractivity contribution in [3.63, 3.8) is 0 Å². The van der Waals surface area contributed by atoms with Gasteiger partial charge in [-0.15, -0.1) is 0 Å². The van der Waals surface area contributed by atoms with Gasteiger partial charge in [-0.25, -0.2) is 9.97 Å². The number of halogens is 1. The third kappa shape index (κ3) is 3.23. The molecule has 1 rings (SSSR count). The minimum absolute atomic E-state index is 0.0420. The van der Waals surface area contributed by atoms with Crippen molar-refractivity contribution in [3.05, 3.63) is 11.5 Å². The molecule has 0 unspecified atom stereocenters. The van der Waals surface area contributed by atoms with E-state index in [-0.39, 0.29) is 5.54 Å². The van der Waals surface area contributed by atoms with Gasteiger partial charge in [-0.2, -0.15) is 0 Å². The lowest BCUT2D eigenvalue weighted by molar-refractivity contribution is 0.409. The molecule has 0 aromatic carbocycles. The van der Waals surface area contributed by atoms with Crippen LogP contribution in [0.25, 0.3) is 0 Å². The molecular formula is C11H18ClN3O. The molecule has 16 heavy (non-hydrogen) atoms. The molecule has 0 aliphatic rings. The number of ether oxygens (including phenoxy) is 1. The van der Waals surface area contributed by atoms with E-state index in [2.05, 4.69) is 36.1 Å². The topological polar surface area (TPSA) is 47.0 Å². The van der Waals surface area contributed by atoms with E-state index in [1.54, 1.807) is 7.11 Å². The highest BCUT2D eigenvalue weighted by Gasteiger charge is 2.20. The molecule has 0 radical (unpaired) electrons. The second kappa shape index (κ2) is 5.34. The molecule has 5 heteroatoms. The van der Waals surface area contributed by atoms with E-state index in [0.29, 0.717) is 16.7 Å². The minimum Gasteiger partial charge on any atom is -0.490 e. The molecule has 0 atom stereocenters. The zero-order valence-corrected chi connectivity index (χ0v) is 10.9. The van der Waals surface area contributed by atoms with E-state index in [1.807, 2.05) is 0 Å². The number of hydrogen-bond donors (Lipinski definition) is 1. The largest absolute Gasteiger partial charge is 0.490 e. The standard InChI is InChI=1S/C11H18ClN3O/c1-5-6-11(2,3)15-10-8(16-4)9(12)13-7-14-10/h7H,5-6H2,1-4H3,(H,13,14,15). The highest BCUT2D eigenvalue weighted by atomic mass is 35.5. The van der Waals surface area contributed by atoms with Crippen LogP contribution >= 0.6 is 11.6 Å². The first-order chi connectivity index (χ1) is 7.50. The Morgan fingerprint density at radius 1 is 1.44 bits per heavy atom. The highest BCUT2D eigenvalue weighted by molar-refractivity contribution is 6.31. The van der Waals surface area contributed by atoms with Crippen LogP contribution in [0, 0.1) is 0 Å². The number of rotatable bonds is 5. The molecule has 0 aliphatic carbocycles. The average molecular weight is 244 g/mol. The highest BCUT2D eigenvalue weighted by Crippen LogP contribution is 2.31. The lowest BCUT2D eigenvalue weighted by atomic mass is 9.99. The lowest BCUT2D eigenvalue weighted by Gasteiger charge is -2.27. The molecule has 0 amide bonds. The third-order valence-electron chi connectivity index (χ3n) is 2.30. The van der Waals surface area contributed by atoms with Crippen molar-refractivity contribution in [2.45, 2.75) is 39.2 Å². The van der Waals surface area contributed by atoms with Crippen LogP contribution in [-0.2, 0) is 0 Å². The predicted molar refractivity (Wildman–Crippen MR) is 66.2 cm³/mol. The van der Waals surface area contributed by atoms with E-state index >= 15 is 0 Å². The summed E-state index contributed by atoms with van der Waals surface area (Å²) >= 11 is 5.92. The summed E-state index contributed by atoms with van der Waals surface area (Å²) in [7, 11) is 1.56. The summed E-state index contributed by atoms with van der Waals surface area (Å²) in [6, 6.07) is 0. The summed E-state index contributed by atoms with van der Waals surface area (Å²) in [5.74, 6) is 1.13. The van der Waals surface area contributed by atoms with Crippen molar-refractivity contribution in [1.82, 2.24) is 9.97 Å². The average Bonchev–Trinajstić information content (AvgIpc) is 2.17.